The SMILES string of the molecule is COC(=O)COc1ccc2c(c1)O/C(=C/c1ccc(C(C)(C)C)cc1)C2=O. The second-order valence-electron chi connectivity index (χ2n) is 7.33. The highest BCUT2D eigenvalue weighted by Gasteiger charge is 2.27. The average Bonchev–Trinajstić information content (AvgIpc) is 2.94. The van der Waals surface area contributed by atoms with Crippen molar-refractivity contribution < 1.29 is 23.8 Å². The Labute approximate surface area is 158 Å². The van der Waals surface area contributed by atoms with Crippen LogP contribution in [0.3, 0.4) is 0 Å². The number of hydrogen-bond acceptors (Lipinski definition) is 5. The summed E-state index contributed by atoms with van der Waals surface area (Å²) in [5.41, 5.74) is 2.65. The quantitative estimate of drug-likeness (QED) is 0.601. The maximum Gasteiger partial charge on any atom is 0.343 e. The van der Waals surface area contributed by atoms with Gasteiger partial charge >= 0.3 is 5.97 Å². The van der Waals surface area contributed by atoms with Gasteiger partial charge in [-0.1, -0.05) is 45.0 Å². The van der Waals surface area contributed by atoms with Gasteiger partial charge in [-0.05, 0) is 34.8 Å². The van der Waals surface area contributed by atoms with Crippen molar-refractivity contribution in [1.29, 1.82) is 0 Å². The minimum atomic E-state index is -0.480. The summed E-state index contributed by atoms with van der Waals surface area (Å²) in [4.78, 5) is 23.7. The molecular formula is C22H22O5. The number of benzene rings is 2. The predicted molar refractivity (Wildman–Crippen MR) is 102 cm³/mol. The van der Waals surface area contributed by atoms with Crippen molar-refractivity contribution >= 4 is 17.8 Å². The lowest BCUT2D eigenvalue weighted by Gasteiger charge is -2.18. The fraction of sp³-hybridized carbons (Fsp3) is 0.273. The van der Waals surface area contributed by atoms with Crippen LogP contribution in [-0.2, 0) is 14.9 Å². The molecule has 1 aliphatic heterocycles. The number of allylic oxidation sites excluding steroid dienone is 1. The summed E-state index contributed by atoms with van der Waals surface area (Å²) in [6, 6.07) is 12.9. The normalized spacial score (nSPS) is 14.7. The van der Waals surface area contributed by atoms with Gasteiger partial charge in [0.05, 0.1) is 12.7 Å². The number of Topliss-reactive ketones (excluding diaryl/α,β-unsaturated/α-hetero) is 1. The molecule has 2 aromatic carbocycles. The van der Waals surface area contributed by atoms with E-state index in [0.717, 1.165) is 5.56 Å². The Kier molecular flexibility index (Phi) is 5.04. The molecule has 0 fully saturated rings. The Morgan fingerprint density at radius 1 is 1.11 bits per heavy atom. The summed E-state index contributed by atoms with van der Waals surface area (Å²) in [5, 5.41) is 0. The second-order valence-corrected chi connectivity index (χ2v) is 7.33. The molecule has 0 radical (unpaired) electrons. The molecule has 3 rings (SSSR count). The Balaban J connectivity index is 1.77. The second kappa shape index (κ2) is 7.27. The van der Waals surface area contributed by atoms with E-state index in [4.69, 9.17) is 9.47 Å². The number of esters is 1. The highest BCUT2D eigenvalue weighted by molar-refractivity contribution is 6.14. The van der Waals surface area contributed by atoms with Crippen LogP contribution in [0.1, 0.15) is 42.3 Å². The van der Waals surface area contributed by atoms with E-state index in [0.29, 0.717) is 17.1 Å². The van der Waals surface area contributed by atoms with Gasteiger partial charge in [0, 0.05) is 6.07 Å². The Morgan fingerprint density at radius 2 is 1.81 bits per heavy atom. The van der Waals surface area contributed by atoms with Crippen LogP contribution in [0, 0.1) is 0 Å². The summed E-state index contributed by atoms with van der Waals surface area (Å²) in [5.74, 6) is 0.456. The number of carbonyl (C=O) groups is 2. The molecule has 0 saturated heterocycles. The minimum absolute atomic E-state index is 0.0716. The molecule has 0 amide bonds. The molecule has 0 unspecified atom stereocenters. The van der Waals surface area contributed by atoms with E-state index in [-0.39, 0.29) is 23.6 Å². The van der Waals surface area contributed by atoms with Crippen molar-refractivity contribution in [3.8, 4) is 11.5 Å². The molecule has 1 heterocycles. The lowest BCUT2D eigenvalue weighted by molar-refractivity contribution is -0.142. The van der Waals surface area contributed by atoms with E-state index in [2.05, 4.69) is 37.6 Å². The molecule has 2 aromatic rings. The van der Waals surface area contributed by atoms with Gasteiger partial charge in [-0.15, -0.1) is 0 Å². The number of ketones is 1. The number of carbonyl (C=O) groups excluding carboxylic acids is 2. The molecule has 5 heteroatoms. The summed E-state index contributed by atoms with van der Waals surface area (Å²) in [7, 11) is 1.29. The highest BCUT2D eigenvalue weighted by Crippen LogP contribution is 2.35. The van der Waals surface area contributed by atoms with Gasteiger partial charge in [0.15, 0.2) is 12.4 Å². The van der Waals surface area contributed by atoms with Crippen molar-refractivity contribution in [1.82, 2.24) is 0 Å². The summed E-state index contributed by atoms with van der Waals surface area (Å²) < 4.78 is 15.6. The number of fused-ring (bicyclic) bond motifs is 1. The molecule has 0 spiro atoms. The number of ether oxygens (including phenoxy) is 3. The van der Waals surface area contributed by atoms with E-state index in [9.17, 15) is 9.59 Å². The van der Waals surface area contributed by atoms with Crippen LogP contribution in [0.4, 0.5) is 0 Å². The van der Waals surface area contributed by atoms with Crippen molar-refractivity contribution in [2.75, 3.05) is 13.7 Å². The first-order chi connectivity index (χ1) is 12.8. The minimum Gasteiger partial charge on any atom is -0.482 e. The molecular weight excluding hydrogens is 344 g/mol. The first-order valence-corrected chi connectivity index (χ1v) is 8.66. The molecule has 0 bridgehead atoms. The van der Waals surface area contributed by atoms with Gasteiger partial charge in [0.25, 0.3) is 0 Å². The third kappa shape index (κ3) is 4.19. The molecule has 0 N–H and O–H groups in total. The van der Waals surface area contributed by atoms with Crippen molar-refractivity contribution in [2.45, 2.75) is 26.2 Å². The van der Waals surface area contributed by atoms with Gasteiger partial charge in [-0.2, -0.15) is 0 Å². The van der Waals surface area contributed by atoms with E-state index >= 15 is 0 Å². The van der Waals surface area contributed by atoms with Gasteiger partial charge < -0.3 is 14.2 Å². The van der Waals surface area contributed by atoms with Crippen LogP contribution >= 0.6 is 0 Å². The zero-order chi connectivity index (χ0) is 19.6. The van der Waals surface area contributed by atoms with Crippen LogP contribution in [0.15, 0.2) is 48.2 Å². The number of rotatable bonds is 4. The van der Waals surface area contributed by atoms with Gasteiger partial charge in [-0.25, -0.2) is 4.79 Å². The van der Waals surface area contributed by atoms with Crippen LogP contribution < -0.4 is 9.47 Å². The number of methoxy groups -OCH3 is 1. The molecule has 0 atom stereocenters. The third-order valence-corrected chi connectivity index (χ3v) is 4.30. The van der Waals surface area contributed by atoms with Crippen molar-refractivity contribution in [3.05, 3.63) is 64.9 Å². The monoisotopic (exact) mass is 366 g/mol. The molecule has 140 valence electrons. The Hall–Kier alpha value is -3.08. The molecule has 27 heavy (non-hydrogen) atoms. The molecule has 0 aromatic heterocycles. The Bertz CT molecular complexity index is 901. The van der Waals surface area contributed by atoms with Crippen molar-refractivity contribution in [2.24, 2.45) is 0 Å². The summed E-state index contributed by atoms with van der Waals surface area (Å²) in [6.45, 7) is 6.26. The standard InChI is InChI=1S/C22H22O5/c1-22(2,3)15-7-5-14(6-8-15)11-19-21(24)17-10-9-16(12-18(17)27-19)26-13-20(23)25-4/h5-12H,13H2,1-4H3/b19-11+. The third-order valence-electron chi connectivity index (χ3n) is 4.30. The van der Waals surface area contributed by atoms with Crippen LogP contribution in [-0.4, -0.2) is 25.5 Å². The maximum absolute atomic E-state index is 12.5. The first-order valence-electron chi connectivity index (χ1n) is 8.66. The largest absolute Gasteiger partial charge is 0.482 e. The van der Waals surface area contributed by atoms with Crippen LogP contribution in [0.5, 0.6) is 11.5 Å². The highest BCUT2D eigenvalue weighted by atomic mass is 16.6. The fourth-order valence-electron chi connectivity index (χ4n) is 2.69. The van der Waals surface area contributed by atoms with E-state index in [1.165, 1.54) is 12.7 Å². The lowest BCUT2D eigenvalue weighted by Crippen LogP contribution is -2.12. The van der Waals surface area contributed by atoms with E-state index in [1.54, 1.807) is 24.3 Å². The number of hydrogen-bond donors (Lipinski definition) is 0. The fourth-order valence-corrected chi connectivity index (χ4v) is 2.69. The topological polar surface area (TPSA) is 61.8 Å². The van der Waals surface area contributed by atoms with E-state index in [1.807, 2.05) is 12.1 Å². The maximum atomic E-state index is 12.5. The van der Waals surface area contributed by atoms with Crippen LogP contribution in [0.25, 0.3) is 6.08 Å². The zero-order valence-electron chi connectivity index (χ0n) is 15.9. The first kappa shape index (κ1) is 18.7. The molecule has 1 aliphatic rings. The summed E-state index contributed by atoms with van der Waals surface area (Å²) in [6.07, 6.45) is 1.73. The van der Waals surface area contributed by atoms with Gasteiger partial charge in [0.2, 0.25) is 5.78 Å². The predicted octanol–water partition coefficient (Wildman–Crippen LogP) is 4.15. The summed E-state index contributed by atoms with van der Waals surface area (Å²) >= 11 is 0. The molecule has 0 aliphatic carbocycles. The average molecular weight is 366 g/mol. The van der Waals surface area contributed by atoms with Crippen LogP contribution in [0.2, 0.25) is 0 Å². The van der Waals surface area contributed by atoms with Gasteiger partial charge in [-0.3, -0.25) is 4.79 Å². The molecule has 5 nitrogen and oxygen atoms in total. The molecule has 0 saturated carbocycles. The zero-order valence-corrected chi connectivity index (χ0v) is 15.9. The van der Waals surface area contributed by atoms with Gasteiger partial charge in [0.1, 0.15) is 11.5 Å². The lowest BCUT2D eigenvalue weighted by atomic mass is 9.86. The van der Waals surface area contributed by atoms with Crippen molar-refractivity contribution in [3.63, 3.8) is 0 Å². The van der Waals surface area contributed by atoms with E-state index < -0.39 is 5.97 Å². The smallest absolute Gasteiger partial charge is 0.343 e. The Morgan fingerprint density at radius 3 is 2.44 bits per heavy atom.